The zero-order valence-electron chi connectivity index (χ0n) is 12.2. The molecular weight excluding hydrogens is 387 g/mol. The zero-order chi connectivity index (χ0) is 17.1. The molecule has 0 fully saturated rings. The lowest BCUT2D eigenvalue weighted by atomic mass is 10.1. The van der Waals surface area contributed by atoms with Crippen molar-refractivity contribution in [2.75, 3.05) is 5.32 Å². The Morgan fingerprint density at radius 3 is 2.46 bits per heavy atom. The number of hydrogen-bond donors (Lipinski definition) is 1. The van der Waals surface area contributed by atoms with Gasteiger partial charge in [-0.3, -0.25) is 4.79 Å². The zero-order valence-corrected chi connectivity index (χ0v) is 15.3. The molecule has 0 aliphatic carbocycles. The summed E-state index contributed by atoms with van der Waals surface area (Å²) in [6.07, 6.45) is 0.159. The van der Waals surface area contributed by atoms with Crippen LogP contribution in [0.4, 0.5) is 5.13 Å². The van der Waals surface area contributed by atoms with Crippen molar-refractivity contribution in [2.45, 2.75) is 6.42 Å². The third kappa shape index (κ3) is 4.28. The molecule has 7 heteroatoms. The molecule has 0 spiro atoms. The van der Waals surface area contributed by atoms with Crippen LogP contribution in [0.3, 0.4) is 0 Å². The van der Waals surface area contributed by atoms with Crippen molar-refractivity contribution in [1.82, 2.24) is 4.98 Å². The molecule has 3 nitrogen and oxygen atoms in total. The highest BCUT2D eigenvalue weighted by Gasteiger charge is 2.11. The maximum atomic E-state index is 12.2. The second-order valence-electron chi connectivity index (χ2n) is 5.01. The van der Waals surface area contributed by atoms with Gasteiger partial charge in [-0.25, -0.2) is 4.98 Å². The fourth-order valence-corrected chi connectivity index (χ4v) is 3.42. The maximum Gasteiger partial charge on any atom is 0.230 e. The minimum atomic E-state index is -0.184. The van der Waals surface area contributed by atoms with Crippen LogP contribution in [0.1, 0.15) is 5.56 Å². The summed E-state index contributed by atoms with van der Waals surface area (Å²) in [6, 6.07) is 12.4. The molecule has 1 aromatic heterocycles. The van der Waals surface area contributed by atoms with Crippen molar-refractivity contribution in [2.24, 2.45) is 0 Å². The molecule has 1 amide bonds. The number of benzene rings is 2. The molecular formula is C17H11Cl3N2OS. The van der Waals surface area contributed by atoms with Gasteiger partial charge in [0.05, 0.1) is 12.1 Å². The lowest BCUT2D eigenvalue weighted by Gasteiger charge is -2.04. The van der Waals surface area contributed by atoms with E-state index in [4.69, 9.17) is 34.8 Å². The van der Waals surface area contributed by atoms with Crippen LogP contribution in [0.5, 0.6) is 0 Å². The van der Waals surface area contributed by atoms with Crippen molar-refractivity contribution >= 4 is 57.2 Å². The molecule has 24 heavy (non-hydrogen) atoms. The highest BCUT2D eigenvalue weighted by Crippen LogP contribution is 2.26. The van der Waals surface area contributed by atoms with Crippen LogP contribution < -0.4 is 5.32 Å². The van der Waals surface area contributed by atoms with Crippen LogP contribution in [0.2, 0.25) is 15.1 Å². The Morgan fingerprint density at radius 2 is 1.75 bits per heavy atom. The molecule has 2 aromatic carbocycles. The van der Waals surface area contributed by atoms with E-state index in [1.54, 1.807) is 30.3 Å². The molecule has 0 unspecified atom stereocenters. The van der Waals surface area contributed by atoms with E-state index in [1.807, 2.05) is 17.5 Å². The number of thiazole rings is 1. The van der Waals surface area contributed by atoms with Gasteiger partial charge in [-0.15, -0.1) is 11.3 Å². The number of aromatic nitrogens is 1. The number of carbonyl (C=O) groups is 1. The van der Waals surface area contributed by atoms with Crippen LogP contribution in [0.15, 0.2) is 47.8 Å². The molecule has 0 radical (unpaired) electrons. The first-order chi connectivity index (χ1) is 11.5. The molecule has 0 saturated heterocycles. The van der Waals surface area contributed by atoms with Crippen molar-refractivity contribution < 1.29 is 4.79 Å². The Hall–Kier alpha value is -1.59. The average molecular weight is 398 g/mol. The van der Waals surface area contributed by atoms with E-state index in [-0.39, 0.29) is 12.3 Å². The van der Waals surface area contributed by atoms with Gasteiger partial charge in [0.15, 0.2) is 5.13 Å². The molecule has 3 aromatic rings. The molecule has 0 aliphatic rings. The van der Waals surface area contributed by atoms with Crippen molar-refractivity contribution in [3.05, 3.63) is 68.5 Å². The number of rotatable bonds is 4. The highest BCUT2D eigenvalue weighted by molar-refractivity contribution is 7.14. The van der Waals surface area contributed by atoms with Gasteiger partial charge in [-0.1, -0.05) is 53.0 Å². The third-order valence-corrected chi connectivity index (χ3v) is 4.85. The largest absolute Gasteiger partial charge is 0.302 e. The van der Waals surface area contributed by atoms with Gasteiger partial charge in [0, 0.05) is 26.0 Å². The number of carbonyl (C=O) groups excluding carboxylic acids is 1. The summed E-state index contributed by atoms with van der Waals surface area (Å²) < 4.78 is 0. The number of amides is 1. The SMILES string of the molecule is O=C(Cc1ccc(Cl)cc1Cl)Nc1nc(-c2ccc(Cl)cc2)cs1. The summed E-state index contributed by atoms with van der Waals surface area (Å²) in [5.41, 5.74) is 2.45. The minimum absolute atomic E-state index is 0.159. The van der Waals surface area contributed by atoms with E-state index in [9.17, 15) is 4.79 Å². The van der Waals surface area contributed by atoms with Gasteiger partial charge in [-0.05, 0) is 29.8 Å². The van der Waals surface area contributed by atoms with Crippen LogP contribution in [0, 0.1) is 0 Å². The second-order valence-corrected chi connectivity index (χ2v) is 7.14. The Balaban J connectivity index is 1.68. The number of nitrogens with zero attached hydrogens (tertiary/aromatic N) is 1. The van der Waals surface area contributed by atoms with Crippen molar-refractivity contribution in [3.63, 3.8) is 0 Å². The normalized spacial score (nSPS) is 10.6. The second kappa shape index (κ2) is 7.53. The molecule has 0 bridgehead atoms. The predicted molar refractivity (Wildman–Crippen MR) is 101 cm³/mol. The molecule has 1 N–H and O–H groups in total. The number of hydrogen-bond acceptors (Lipinski definition) is 3. The molecule has 0 aliphatic heterocycles. The van der Waals surface area contributed by atoms with Crippen molar-refractivity contribution in [3.8, 4) is 11.3 Å². The lowest BCUT2D eigenvalue weighted by molar-refractivity contribution is -0.115. The Kier molecular flexibility index (Phi) is 5.41. The van der Waals surface area contributed by atoms with Crippen LogP contribution in [-0.4, -0.2) is 10.9 Å². The first kappa shape index (κ1) is 17.2. The van der Waals surface area contributed by atoms with E-state index in [2.05, 4.69) is 10.3 Å². The summed E-state index contributed by atoms with van der Waals surface area (Å²) in [6.45, 7) is 0. The van der Waals surface area contributed by atoms with Crippen LogP contribution >= 0.6 is 46.1 Å². The Bertz CT molecular complexity index is 878. The van der Waals surface area contributed by atoms with E-state index >= 15 is 0 Å². The van der Waals surface area contributed by atoms with Crippen LogP contribution in [0.25, 0.3) is 11.3 Å². The number of halogens is 3. The van der Waals surface area contributed by atoms with Gasteiger partial charge < -0.3 is 5.32 Å². The van der Waals surface area contributed by atoms with Crippen molar-refractivity contribution in [1.29, 1.82) is 0 Å². The van der Waals surface area contributed by atoms with E-state index in [1.165, 1.54) is 11.3 Å². The fraction of sp³-hybridized carbons (Fsp3) is 0.0588. The predicted octanol–water partition coefficient (Wildman–Crippen LogP) is 5.95. The minimum Gasteiger partial charge on any atom is -0.302 e. The maximum absolute atomic E-state index is 12.2. The van der Waals surface area contributed by atoms with E-state index < -0.39 is 0 Å². The van der Waals surface area contributed by atoms with Gasteiger partial charge >= 0.3 is 0 Å². The average Bonchev–Trinajstić information content (AvgIpc) is 2.99. The highest BCUT2D eigenvalue weighted by atomic mass is 35.5. The Labute approximate surface area is 158 Å². The van der Waals surface area contributed by atoms with Gasteiger partial charge in [0.25, 0.3) is 0 Å². The monoisotopic (exact) mass is 396 g/mol. The van der Waals surface area contributed by atoms with Gasteiger partial charge in [-0.2, -0.15) is 0 Å². The fourth-order valence-electron chi connectivity index (χ4n) is 2.09. The quantitative estimate of drug-likeness (QED) is 0.591. The van der Waals surface area contributed by atoms with Gasteiger partial charge in [0.2, 0.25) is 5.91 Å². The summed E-state index contributed by atoms with van der Waals surface area (Å²) in [5.74, 6) is -0.184. The molecule has 122 valence electrons. The summed E-state index contributed by atoms with van der Waals surface area (Å²) in [4.78, 5) is 16.6. The smallest absolute Gasteiger partial charge is 0.230 e. The number of nitrogens with one attached hydrogen (secondary N) is 1. The van der Waals surface area contributed by atoms with Crippen LogP contribution in [-0.2, 0) is 11.2 Å². The third-order valence-electron chi connectivity index (χ3n) is 3.26. The molecule has 1 heterocycles. The van der Waals surface area contributed by atoms with E-state index in [0.29, 0.717) is 25.8 Å². The Morgan fingerprint density at radius 1 is 1.04 bits per heavy atom. The van der Waals surface area contributed by atoms with E-state index in [0.717, 1.165) is 11.3 Å². The molecule has 0 atom stereocenters. The first-order valence-electron chi connectivity index (χ1n) is 6.96. The van der Waals surface area contributed by atoms with Gasteiger partial charge in [0.1, 0.15) is 0 Å². The summed E-state index contributed by atoms with van der Waals surface area (Å²) in [5, 5.41) is 6.88. The molecule has 0 saturated carbocycles. The molecule has 3 rings (SSSR count). The standard InChI is InChI=1S/C17H11Cl3N2OS/c18-12-4-1-10(2-5-12)15-9-24-17(21-15)22-16(23)7-11-3-6-13(19)8-14(11)20/h1-6,8-9H,7H2,(H,21,22,23). The summed E-state index contributed by atoms with van der Waals surface area (Å²) >= 11 is 19.2. The first-order valence-corrected chi connectivity index (χ1v) is 8.98. The summed E-state index contributed by atoms with van der Waals surface area (Å²) in [7, 11) is 0. The topological polar surface area (TPSA) is 42.0 Å². The number of anilines is 1. The lowest BCUT2D eigenvalue weighted by Crippen LogP contribution is -2.14.